The number of nitrogens with zero attached hydrogens (tertiary/aromatic N) is 3. The highest BCUT2D eigenvalue weighted by Gasteiger charge is 2.29. The van der Waals surface area contributed by atoms with Crippen LogP contribution in [0.25, 0.3) is 0 Å². The second-order valence-corrected chi connectivity index (χ2v) is 7.76. The Kier molecular flexibility index (Phi) is 6.08. The maximum absolute atomic E-state index is 12.7. The number of aromatic nitrogens is 2. The standard InChI is InChI=1S/C18H22N4O5S/c1-3-8-27-18(24)15-13-6-4-5-7-14(13)28-17(15)20-16(23)11(2)21-10-12(9-19-21)22(25)26/h9-11H,3-8H2,1-2H3,(H,20,23). The number of amides is 1. The van der Waals surface area contributed by atoms with E-state index in [9.17, 15) is 19.7 Å². The van der Waals surface area contributed by atoms with Crippen LogP contribution < -0.4 is 5.32 Å². The molecule has 2 aromatic heterocycles. The van der Waals surface area contributed by atoms with Crippen molar-refractivity contribution in [1.29, 1.82) is 0 Å². The molecule has 0 saturated heterocycles. The Labute approximate surface area is 165 Å². The lowest BCUT2D eigenvalue weighted by molar-refractivity contribution is -0.385. The average Bonchev–Trinajstić information content (AvgIpc) is 3.30. The van der Waals surface area contributed by atoms with Crippen LogP contribution in [0.3, 0.4) is 0 Å². The topological polar surface area (TPSA) is 116 Å². The Morgan fingerprint density at radius 3 is 2.86 bits per heavy atom. The van der Waals surface area contributed by atoms with E-state index < -0.39 is 22.8 Å². The van der Waals surface area contributed by atoms with Gasteiger partial charge in [0.15, 0.2) is 0 Å². The third kappa shape index (κ3) is 4.06. The Morgan fingerprint density at radius 1 is 1.43 bits per heavy atom. The van der Waals surface area contributed by atoms with Crippen LogP contribution in [0.5, 0.6) is 0 Å². The van der Waals surface area contributed by atoms with Gasteiger partial charge in [-0.2, -0.15) is 5.10 Å². The molecular formula is C18H22N4O5S. The van der Waals surface area contributed by atoms with Crippen molar-refractivity contribution < 1.29 is 19.2 Å². The smallest absolute Gasteiger partial charge is 0.341 e. The van der Waals surface area contributed by atoms with Gasteiger partial charge in [0.1, 0.15) is 23.4 Å². The van der Waals surface area contributed by atoms with E-state index in [-0.39, 0.29) is 5.69 Å². The maximum atomic E-state index is 12.7. The molecule has 0 bridgehead atoms. The van der Waals surface area contributed by atoms with Crippen LogP contribution in [0.4, 0.5) is 10.7 Å². The molecule has 2 aromatic rings. The second kappa shape index (κ2) is 8.51. The minimum atomic E-state index is -0.771. The van der Waals surface area contributed by atoms with Gasteiger partial charge >= 0.3 is 11.7 Å². The minimum Gasteiger partial charge on any atom is -0.462 e. The summed E-state index contributed by atoms with van der Waals surface area (Å²) in [6, 6.07) is -0.771. The minimum absolute atomic E-state index is 0.185. The van der Waals surface area contributed by atoms with Crippen LogP contribution in [-0.2, 0) is 22.4 Å². The highest BCUT2D eigenvalue weighted by atomic mass is 32.1. The molecule has 1 N–H and O–H groups in total. The molecule has 9 nitrogen and oxygen atoms in total. The first kappa shape index (κ1) is 20.0. The van der Waals surface area contributed by atoms with Gasteiger partial charge < -0.3 is 10.1 Å². The summed E-state index contributed by atoms with van der Waals surface area (Å²) in [5.74, 6) is -0.819. The summed E-state index contributed by atoms with van der Waals surface area (Å²) in [6.45, 7) is 3.84. The number of nitrogens with one attached hydrogen (secondary N) is 1. The fraction of sp³-hybridized carbons (Fsp3) is 0.500. The number of esters is 1. The van der Waals surface area contributed by atoms with Crippen LogP contribution in [0.2, 0.25) is 0 Å². The molecule has 10 heteroatoms. The molecule has 150 valence electrons. The summed E-state index contributed by atoms with van der Waals surface area (Å²) in [7, 11) is 0. The third-order valence-electron chi connectivity index (χ3n) is 4.62. The molecule has 1 aliphatic rings. The van der Waals surface area contributed by atoms with Crippen molar-refractivity contribution in [3.8, 4) is 0 Å². The molecule has 1 aliphatic carbocycles. The number of carbonyl (C=O) groups excluding carboxylic acids is 2. The second-order valence-electron chi connectivity index (χ2n) is 6.65. The first-order valence-corrected chi connectivity index (χ1v) is 10.0. The van der Waals surface area contributed by atoms with Gasteiger partial charge in [-0.15, -0.1) is 11.3 Å². The molecule has 1 amide bonds. The average molecular weight is 406 g/mol. The largest absolute Gasteiger partial charge is 0.462 e. The molecule has 0 aromatic carbocycles. The lowest BCUT2D eigenvalue weighted by Crippen LogP contribution is -2.24. The number of ether oxygens (including phenoxy) is 1. The van der Waals surface area contributed by atoms with Gasteiger partial charge in [0.2, 0.25) is 5.91 Å². The predicted octanol–water partition coefficient (Wildman–Crippen LogP) is 3.50. The Balaban J connectivity index is 1.83. The highest BCUT2D eigenvalue weighted by molar-refractivity contribution is 7.17. The van der Waals surface area contributed by atoms with E-state index in [4.69, 9.17) is 4.74 Å². The molecule has 3 rings (SSSR count). The van der Waals surface area contributed by atoms with Crippen molar-refractivity contribution in [1.82, 2.24) is 9.78 Å². The van der Waals surface area contributed by atoms with Gasteiger partial charge in [0, 0.05) is 4.88 Å². The molecule has 2 heterocycles. The van der Waals surface area contributed by atoms with Crippen molar-refractivity contribution >= 4 is 33.9 Å². The van der Waals surface area contributed by atoms with Crippen LogP contribution in [0.1, 0.15) is 60.0 Å². The molecule has 1 unspecified atom stereocenters. The Hall–Kier alpha value is -2.75. The highest BCUT2D eigenvalue weighted by Crippen LogP contribution is 2.39. The van der Waals surface area contributed by atoms with Gasteiger partial charge in [0.25, 0.3) is 0 Å². The zero-order valence-corrected chi connectivity index (χ0v) is 16.6. The van der Waals surface area contributed by atoms with Crippen molar-refractivity contribution in [2.45, 2.75) is 52.0 Å². The fourth-order valence-electron chi connectivity index (χ4n) is 3.11. The Morgan fingerprint density at radius 2 is 2.18 bits per heavy atom. The number of aryl methyl sites for hydroxylation is 1. The lowest BCUT2D eigenvalue weighted by atomic mass is 9.95. The molecule has 0 saturated carbocycles. The van der Waals surface area contributed by atoms with E-state index >= 15 is 0 Å². The molecule has 28 heavy (non-hydrogen) atoms. The van der Waals surface area contributed by atoms with Crippen LogP contribution in [-0.4, -0.2) is 33.2 Å². The van der Waals surface area contributed by atoms with Crippen LogP contribution in [0.15, 0.2) is 12.4 Å². The SMILES string of the molecule is CCCOC(=O)c1c(NC(=O)C(C)n2cc([N+](=O)[O-])cn2)sc2c1CCCC2. The van der Waals surface area contributed by atoms with Crippen LogP contribution in [0, 0.1) is 10.1 Å². The monoisotopic (exact) mass is 406 g/mol. The van der Waals surface area contributed by atoms with E-state index in [0.717, 1.165) is 48.7 Å². The number of anilines is 1. The predicted molar refractivity (Wildman–Crippen MR) is 104 cm³/mol. The summed E-state index contributed by atoms with van der Waals surface area (Å²) in [5.41, 5.74) is 1.23. The summed E-state index contributed by atoms with van der Waals surface area (Å²) in [4.78, 5) is 36.7. The number of hydrogen-bond acceptors (Lipinski definition) is 7. The molecule has 0 spiro atoms. The van der Waals surface area contributed by atoms with E-state index in [1.165, 1.54) is 22.2 Å². The molecule has 0 aliphatic heterocycles. The zero-order chi connectivity index (χ0) is 20.3. The lowest BCUT2D eigenvalue weighted by Gasteiger charge is -2.14. The van der Waals surface area contributed by atoms with Gasteiger partial charge in [-0.3, -0.25) is 19.6 Å². The van der Waals surface area contributed by atoms with E-state index in [2.05, 4.69) is 10.4 Å². The first-order chi connectivity index (χ1) is 13.4. The molecule has 0 fully saturated rings. The van der Waals surface area contributed by atoms with E-state index in [1.807, 2.05) is 6.92 Å². The maximum Gasteiger partial charge on any atom is 0.341 e. The first-order valence-electron chi connectivity index (χ1n) is 9.23. The fourth-order valence-corrected chi connectivity index (χ4v) is 4.39. The number of hydrogen-bond donors (Lipinski definition) is 1. The molecule has 0 radical (unpaired) electrons. The van der Waals surface area contributed by atoms with Gasteiger partial charge in [0.05, 0.1) is 17.1 Å². The number of fused-ring (bicyclic) bond motifs is 1. The number of thiophene rings is 1. The summed E-state index contributed by atoms with van der Waals surface area (Å²) >= 11 is 1.40. The van der Waals surface area contributed by atoms with Gasteiger partial charge in [-0.1, -0.05) is 6.92 Å². The normalized spacial score (nSPS) is 14.2. The van der Waals surface area contributed by atoms with Gasteiger partial charge in [-0.05, 0) is 44.6 Å². The van der Waals surface area contributed by atoms with Crippen molar-refractivity contribution in [3.63, 3.8) is 0 Å². The molecule has 1 atom stereocenters. The zero-order valence-electron chi connectivity index (χ0n) is 15.8. The number of carbonyl (C=O) groups is 2. The summed E-state index contributed by atoms with van der Waals surface area (Å²) in [5, 5.41) is 18.0. The summed E-state index contributed by atoms with van der Waals surface area (Å²) in [6.07, 6.45) is 6.75. The third-order valence-corrected chi connectivity index (χ3v) is 5.83. The quantitative estimate of drug-likeness (QED) is 0.427. The summed E-state index contributed by atoms with van der Waals surface area (Å²) < 4.78 is 6.55. The van der Waals surface area contributed by atoms with Crippen molar-refractivity contribution in [3.05, 3.63) is 38.5 Å². The molecular weight excluding hydrogens is 384 g/mol. The van der Waals surface area contributed by atoms with Crippen molar-refractivity contribution in [2.75, 3.05) is 11.9 Å². The number of rotatable bonds is 7. The Bertz CT molecular complexity index is 904. The number of nitro groups is 1. The van der Waals surface area contributed by atoms with E-state index in [0.29, 0.717) is 17.2 Å². The van der Waals surface area contributed by atoms with E-state index in [1.54, 1.807) is 6.92 Å². The van der Waals surface area contributed by atoms with Gasteiger partial charge in [-0.25, -0.2) is 4.79 Å². The van der Waals surface area contributed by atoms with Crippen molar-refractivity contribution in [2.24, 2.45) is 0 Å². The van der Waals surface area contributed by atoms with Crippen LogP contribution >= 0.6 is 11.3 Å².